The molecule has 1 amide bonds. The van der Waals surface area contributed by atoms with Crippen molar-refractivity contribution >= 4 is 46.7 Å². The molecule has 3 aromatic rings. The maximum atomic E-state index is 14.0. The number of carbonyl (C=O) groups is 1. The van der Waals surface area contributed by atoms with E-state index in [2.05, 4.69) is 10.0 Å². The molecule has 3 rings (SSSR count). The summed E-state index contributed by atoms with van der Waals surface area (Å²) < 4.78 is 67.7. The summed E-state index contributed by atoms with van der Waals surface area (Å²) in [6.07, 6.45) is 1.96. The first kappa shape index (κ1) is 32.1. The summed E-state index contributed by atoms with van der Waals surface area (Å²) in [6, 6.07) is 16.0. The normalized spacial score (nSPS) is 13.2. The maximum absolute atomic E-state index is 14.0. The van der Waals surface area contributed by atoms with Crippen LogP contribution in [0.4, 0.5) is 8.78 Å². The van der Waals surface area contributed by atoms with Crippen LogP contribution in [0.5, 0.6) is 0 Å². The second-order valence-electron chi connectivity index (χ2n) is 8.97. The molecule has 8 nitrogen and oxygen atoms in total. The van der Waals surface area contributed by atoms with Crippen molar-refractivity contribution in [1.29, 1.82) is 0 Å². The largest absolute Gasteiger partial charge is 0.399 e. The summed E-state index contributed by atoms with van der Waals surface area (Å²) in [6.45, 7) is 0.268. The van der Waals surface area contributed by atoms with Crippen molar-refractivity contribution in [2.24, 2.45) is 0 Å². The fraction of sp³-hybridized carbons (Fsp3) is 0.269. The quantitative estimate of drug-likeness (QED) is 0.150. The fourth-order valence-electron chi connectivity index (χ4n) is 3.77. The molecule has 0 spiro atoms. The zero-order valence-corrected chi connectivity index (χ0v) is 24.2. The van der Waals surface area contributed by atoms with E-state index in [0.29, 0.717) is 6.42 Å². The average molecular weight is 635 g/mol. The number of halogens is 4. The third-order valence-electron chi connectivity index (χ3n) is 5.96. The van der Waals surface area contributed by atoms with Crippen molar-refractivity contribution in [3.8, 4) is 0 Å². The molecule has 0 aliphatic carbocycles. The van der Waals surface area contributed by atoms with Crippen LogP contribution in [0.2, 0.25) is 10.0 Å². The summed E-state index contributed by atoms with van der Waals surface area (Å²) >= 11 is 11.8. The van der Waals surface area contributed by atoms with Gasteiger partial charge in [-0.15, -0.1) is 0 Å². The predicted octanol–water partition coefficient (Wildman–Crippen LogP) is 5.25. The Morgan fingerprint density at radius 2 is 1.57 bits per heavy atom. The molecule has 0 aliphatic heterocycles. The summed E-state index contributed by atoms with van der Waals surface area (Å²) in [5, 5.41) is 2.83. The zero-order valence-electron chi connectivity index (χ0n) is 20.9. The maximum Gasteiger partial charge on any atom is 0.399 e. The Kier molecular flexibility index (Phi) is 10.9. The summed E-state index contributed by atoms with van der Waals surface area (Å²) in [5.74, 6) is -0.645. The Hall–Kier alpha value is -2.37. The van der Waals surface area contributed by atoms with E-state index in [1.807, 2.05) is 30.3 Å². The van der Waals surface area contributed by atoms with E-state index in [9.17, 15) is 26.6 Å². The van der Waals surface area contributed by atoms with Crippen LogP contribution in [0.1, 0.15) is 29.5 Å². The lowest BCUT2D eigenvalue weighted by molar-refractivity contribution is -0.122. The average Bonchev–Trinajstić information content (AvgIpc) is 2.89. The lowest BCUT2D eigenvalue weighted by Gasteiger charge is -2.20. The van der Waals surface area contributed by atoms with E-state index in [1.165, 1.54) is 12.1 Å². The van der Waals surface area contributed by atoms with E-state index in [4.69, 9.17) is 33.0 Å². The molecule has 216 valence electrons. The predicted molar refractivity (Wildman–Crippen MR) is 149 cm³/mol. The second-order valence-corrected chi connectivity index (χ2v) is 13.1. The number of sulfonamides is 1. The van der Waals surface area contributed by atoms with Crippen LogP contribution in [0.25, 0.3) is 0 Å². The van der Waals surface area contributed by atoms with E-state index in [-0.39, 0.29) is 33.5 Å². The van der Waals surface area contributed by atoms with Crippen LogP contribution in [0.15, 0.2) is 77.7 Å². The lowest BCUT2D eigenvalue weighted by Crippen LogP contribution is -2.48. The van der Waals surface area contributed by atoms with Gasteiger partial charge in [0.05, 0.1) is 14.9 Å². The Balaban J connectivity index is 1.75. The number of unbranched alkanes of at least 4 members (excludes halogenated alkanes) is 1. The van der Waals surface area contributed by atoms with E-state index in [0.717, 1.165) is 48.7 Å². The highest BCUT2D eigenvalue weighted by molar-refractivity contribution is 7.89. The molecule has 0 heterocycles. The van der Waals surface area contributed by atoms with Crippen LogP contribution in [0, 0.1) is 0 Å². The van der Waals surface area contributed by atoms with Gasteiger partial charge in [-0.3, -0.25) is 9.36 Å². The minimum absolute atomic E-state index is 0.00877. The summed E-state index contributed by atoms with van der Waals surface area (Å²) in [5.41, 5.74) is -3.90. The zero-order chi connectivity index (χ0) is 29.6. The van der Waals surface area contributed by atoms with Gasteiger partial charge >= 0.3 is 13.3 Å². The van der Waals surface area contributed by atoms with Crippen molar-refractivity contribution in [3.63, 3.8) is 0 Å². The van der Waals surface area contributed by atoms with E-state index >= 15 is 0 Å². The lowest BCUT2D eigenvalue weighted by atomic mass is 10.0. The molecule has 0 unspecified atom stereocenters. The topological polar surface area (TPSA) is 133 Å². The number of amides is 1. The van der Waals surface area contributed by atoms with Crippen molar-refractivity contribution in [3.05, 3.63) is 99.5 Å². The van der Waals surface area contributed by atoms with Gasteiger partial charge in [0.1, 0.15) is 6.04 Å². The van der Waals surface area contributed by atoms with Crippen molar-refractivity contribution in [2.45, 2.75) is 42.3 Å². The molecule has 0 aromatic heterocycles. The molecule has 0 bridgehead atoms. The Morgan fingerprint density at radius 3 is 2.17 bits per heavy atom. The highest BCUT2D eigenvalue weighted by atomic mass is 35.5. The van der Waals surface area contributed by atoms with Gasteiger partial charge in [0.25, 0.3) is 0 Å². The van der Waals surface area contributed by atoms with Crippen molar-refractivity contribution in [2.75, 3.05) is 6.54 Å². The third-order valence-corrected chi connectivity index (χ3v) is 9.15. The molecule has 14 heteroatoms. The van der Waals surface area contributed by atoms with E-state index < -0.39 is 40.8 Å². The number of benzene rings is 3. The number of aryl methyl sites for hydroxylation is 1. The molecule has 3 aromatic carbocycles. The fourth-order valence-corrected chi connectivity index (χ4v) is 5.84. The Bertz CT molecular complexity index is 1470. The van der Waals surface area contributed by atoms with E-state index in [1.54, 1.807) is 0 Å². The van der Waals surface area contributed by atoms with Crippen LogP contribution in [0.3, 0.4) is 0 Å². The molecule has 4 N–H and O–H groups in total. The van der Waals surface area contributed by atoms with Gasteiger partial charge in [-0.1, -0.05) is 77.8 Å². The standard InChI is InChI=1S/C26H27Cl2F2N2O6PS/c27-22-14-13-21(17-23(22)28)40(37,38)32-24(25(33)31-15-5-4-8-18-6-2-1-3-7-18)16-19-9-11-20(12-10-19)26(29,30)39(34,35)36/h1-3,6-7,9-14,17,24,32H,4-5,8,15-16H2,(H,31,33)(H2,34,35,36)/t24-/m0/s1. The number of hydrogen-bond donors (Lipinski definition) is 4. The van der Waals surface area contributed by atoms with Crippen LogP contribution in [-0.2, 0) is 37.9 Å². The minimum Gasteiger partial charge on any atom is -0.355 e. The molecule has 0 radical (unpaired) electrons. The summed E-state index contributed by atoms with van der Waals surface area (Å²) in [7, 11) is -10.0. The molecule has 0 fully saturated rings. The van der Waals surface area contributed by atoms with Gasteiger partial charge in [0.2, 0.25) is 15.9 Å². The molecule has 0 saturated carbocycles. The highest BCUT2D eigenvalue weighted by Crippen LogP contribution is 2.59. The number of carbonyl (C=O) groups excluding carboxylic acids is 1. The SMILES string of the molecule is O=C(NCCCCc1ccccc1)[C@H](Cc1ccc(C(F)(F)P(=O)(O)O)cc1)NS(=O)(=O)c1ccc(Cl)c(Cl)c1. The second kappa shape index (κ2) is 13.5. The molecular weight excluding hydrogens is 608 g/mol. The first-order valence-corrected chi connectivity index (χ1v) is 15.9. The number of hydrogen-bond acceptors (Lipinski definition) is 4. The first-order chi connectivity index (χ1) is 18.7. The van der Waals surface area contributed by atoms with Gasteiger partial charge in [0.15, 0.2) is 0 Å². The third kappa shape index (κ3) is 8.57. The molecule has 1 atom stereocenters. The Labute approximate surface area is 240 Å². The summed E-state index contributed by atoms with van der Waals surface area (Å²) in [4.78, 5) is 30.7. The number of rotatable bonds is 13. The molecular formula is C26H27Cl2F2N2O6PS. The molecule has 0 aliphatic rings. The van der Waals surface area contributed by atoms with Crippen LogP contribution < -0.4 is 10.0 Å². The van der Waals surface area contributed by atoms with Gasteiger partial charge in [-0.2, -0.15) is 13.5 Å². The number of nitrogens with one attached hydrogen (secondary N) is 2. The molecule has 40 heavy (non-hydrogen) atoms. The van der Waals surface area contributed by atoms with Crippen molar-refractivity contribution in [1.82, 2.24) is 10.0 Å². The highest BCUT2D eigenvalue weighted by Gasteiger charge is 2.50. The molecule has 0 saturated heterocycles. The first-order valence-electron chi connectivity index (χ1n) is 12.0. The van der Waals surface area contributed by atoms with Crippen LogP contribution in [-0.4, -0.2) is 36.7 Å². The van der Waals surface area contributed by atoms with Gasteiger partial charge in [0, 0.05) is 12.1 Å². The van der Waals surface area contributed by atoms with Gasteiger partial charge in [-0.05, 0) is 55.0 Å². The van der Waals surface area contributed by atoms with Crippen LogP contribution >= 0.6 is 30.8 Å². The smallest absolute Gasteiger partial charge is 0.355 e. The van der Waals surface area contributed by atoms with Crippen molar-refractivity contribution < 1.29 is 36.3 Å². The number of alkyl halides is 2. The monoisotopic (exact) mass is 634 g/mol. The minimum atomic E-state index is -5.77. The van der Waals surface area contributed by atoms with Gasteiger partial charge < -0.3 is 15.1 Å². The Morgan fingerprint density at radius 1 is 0.925 bits per heavy atom. The van der Waals surface area contributed by atoms with Gasteiger partial charge in [-0.25, -0.2) is 8.42 Å².